The third-order valence-electron chi connectivity index (χ3n) is 1.23. The molecule has 0 atom stereocenters. The quantitative estimate of drug-likeness (QED) is 0.500. The van der Waals surface area contributed by atoms with Gasteiger partial charge in [0.2, 0.25) is 0 Å². The lowest BCUT2D eigenvalue weighted by molar-refractivity contribution is -1.64. The predicted octanol–water partition coefficient (Wildman–Crippen LogP) is -6.09. The second-order valence-electron chi connectivity index (χ2n) is 1.94. The fraction of sp³-hybridized carbons (Fsp3) is 1.00. The van der Waals surface area contributed by atoms with Crippen LogP contribution in [0, 0.1) is 0 Å². The van der Waals surface area contributed by atoms with Crippen molar-refractivity contribution in [1.82, 2.24) is 10.4 Å². The summed E-state index contributed by atoms with van der Waals surface area (Å²) >= 11 is -3.49. The summed E-state index contributed by atoms with van der Waals surface area (Å²) in [5, 5.41) is 4.55. The maximum absolute atomic E-state index is 10.1. The average molecular weight is 260 g/mol. The van der Waals surface area contributed by atoms with Crippen LogP contribution in [0.2, 0.25) is 0 Å². The van der Waals surface area contributed by atoms with Gasteiger partial charge in [-0.15, -0.1) is 5.06 Å². The summed E-state index contributed by atoms with van der Waals surface area (Å²) in [6.07, 6.45) is 0. The van der Waals surface area contributed by atoms with Crippen molar-refractivity contribution in [3.05, 3.63) is 0 Å². The zero-order chi connectivity index (χ0) is 7.40. The molecule has 5 nitrogen and oxygen atoms in total. The number of piperazine rings is 1. The summed E-state index contributed by atoms with van der Waals surface area (Å²) in [5.41, 5.74) is 0. The number of hydroxylamine groups is 2. The molecule has 0 unspecified atom stereocenters. The Bertz CT molecular complexity index is 96.5. The Kier molecular flexibility index (Phi) is 3.81. The second kappa shape index (κ2) is 4.42. The van der Waals surface area contributed by atoms with Crippen LogP contribution in [0.15, 0.2) is 0 Å². The zero-order valence-electron chi connectivity index (χ0n) is 5.38. The standard InChI is InChI=1S/C4H9IN2O3/c8-5(9)10-7-3-1-6-2-4-7/h6H,1-4H2. The van der Waals surface area contributed by atoms with Crippen molar-refractivity contribution in [3.63, 3.8) is 0 Å². The zero-order valence-corrected chi connectivity index (χ0v) is 7.54. The van der Waals surface area contributed by atoms with Crippen LogP contribution in [0.1, 0.15) is 0 Å². The first kappa shape index (κ1) is 8.62. The molecule has 0 aromatic carbocycles. The van der Waals surface area contributed by atoms with Gasteiger partial charge in [-0.2, -0.15) is 0 Å². The van der Waals surface area contributed by atoms with Crippen molar-refractivity contribution in [1.29, 1.82) is 0 Å². The molecule has 0 aromatic rings. The highest BCUT2D eigenvalue weighted by atomic mass is 127. The molecule has 0 radical (unpaired) electrons. The molecule has 0 spiro atoms. The Hall–Kier alpha value is 0.530. The van der Waals surface area contributed by atoms with E-state index in [4.69, 9.17) is 0 Å². The topological polar surface area (TPSA) is 70.6 Å². The van der Waals surface area contributed by atoms with Crippen LogP contribution in [0.25, 0.3) is 0 Å². The van der Waals surface area contributed by atoms with Crippen molar-refractivity contribution in [3.8, 4) is 0 Å². The van der Waals surface area contributed by atoms with E-state index >= 15 is 0 Å². The number of hydrogen-bond acceptors (Lipinski definition) is 5. The Morgan fingerprint density at radius 2 is 1.90 bits per heavy atom. The molecule has 0 aromatic heterocycles. The molecule has 0 amide bonds. The third kappa shape index (κ3) is 3.08. The van der Waals surface area contributed by atoms with Crippen LogP contribution in [0.5, 0.6) is 0 Å². The minimum absolute atomic E-state index is 0.651. The Balaban J connectivity index is 2.13. The lowest BCUT2D eigenvalue weighted by Crippen LogP contribution is -3.99. The molecule has 1 aliphatic rings. The minimum atomic E-state index is -3.49. The number of halogens is 1. The van der Waals surface area contributed by atoms with Gasteiger partial charge >= 0.3 is 21.1 Å². The molecule has 6 heteroatoms. The highest BCUT2D eigenvalue weighted by molar-refractivity contribution is 4.58. The van der Waals surface area contributed by atoms with Gasteiger partial charge in [-0.05, 0) is 0 Å². The van der Waals surface area contributed by atoms with Crippen LogP contribution >= 0.6 is 0 Å². The minimum Gasteiger partial charge on any atom is -0.394 e. The normalized spacial score (nSPS) is 21.9. The molecule has 10 heavy (non-hydrogen) atoms. The molecule has 60 valence electrons. The first-order valence-corrected chi connectivity index (χ1v) is 5.63. The van der Waals surface area contributed by atoms with E-state index in [2.05, 4.69) is 8.48 Å². The fourth-order valence-electron chi connectivity index (χ4n) is 0.793. The number of rotatable bonds is 2. The van der Waals surface area contributed by atoms with Crippen LogP contribution < -0.4 is 33.3 Å². The van der Waals surface area contributed by atoms with E-state index in [1.807, 2.05) is 0 Å². The van der Waals surface area contributed by atoms with E-state index in [1.165, 1.54) is 5.06 Å². The highest BCUT2D eigenvalue weighted by Gasteiger charge is 2.22. The maximum atomic E-state index is 10.1. The van der Waals surface area contributed by atoms with Gasteiger partial charge in [-0.1, -0.05) is 0 Å². The van der Waals surface area contributed by atoms with Crippen molar-refractivity contribution in [2.24, 2.45) is 0 Å². The summed E-state index contributed by atoms with van der Waals surface area (Å²) < 4.78 is 24.8. The summed E-state index contributed by atoms with van der Waals surface area (Å²) in [4.78, 5) is 0. The van der Waals surface area contributed by atoms with E-state index in [9.17, 15) is 6.87 Å². The third-order valence-corrected chi connectivity index (χ3v) is 2.11. The van der Waals surface area contributed by atoms with Gasteiger partial charge in [0.1, 0.15) is 0 Å². The first-order valence-electron chi connectivity index (χ1n) is 2.99. The van der Waals surface area contributed by atoms with Gasteiger partial charge in [0.25, 0.3) is 0 Å². The maximum Gasteiger partial charge on any atom is 0.531 e. The molecular weight excluding hydrogens is 251 g/mol. The van der Waals surface area contributed by atoms with E-state index in [1.54, 1.807) is 0 Å². The SMILES string of the molecule is [O-][I+2]([O-])ON1CCNCC1. The van der Waals surface area contributed by atoms with E-state index in [-0.39, 0.29) is 0 Å². The Morgan fingerprint density at radius 3 is 2.40 bits per heavy atom. The van der Waals surface area contributed by atoms with Crippen molar-refractivity contribution in [2.45, 2.75) is 0 Å². The lowest BCUT2D eigenvalue weighted by atomic mass is 10.4. The van der Waals surface area contributed by atoms with Gasteiger partial charge in [-0.25, -0.2) is 0 Å². The van der Waals surface area contributed by atoms with Crippen molar-refractivity contribution >= 4 is 0 Å². The largest absolute Gasteiger partial charge is 0.531 e. The van der Waals surface area contributed by atoms with Crippen molar-refractivity contribution in [2.75, 3.05) is 26.2 Å². The molecule has 1 fully saturated rings. The molecule has 1 heterocycles. The average Bonchev–Trinajstić information content (AvgIpc) is 1.88. The van der Waals surface area contributed by atoms with E-state index in [0.717, 1.165) is 13.1 Å². The summed E-state index contributed by atoms with van der Waals surface area (Å²) in [5.74, 6) is 0. The molecular formula is C4H9IN2O3. The Morgan fingerprint density at radius 1 is 1.30 bits per heavy atom. The lowest BCUT2D eigenvalue weighted by Gasteiger charge is -2.19. The van der Waals surface area contributed by atoms with Crippen molar-refractivity contribution < 1.29 is 31.1 Å². The summed E-state index contributed by atoms with van der Waals surface area (Å²) in [7, 11) is 0. The van der Waals surface area contributed by atoms with Crippen LogP contribution in [-0.2, 0) is 3.17 Å². The van der Waals surface area contributed by atoms with Gasteiger partial charge in [-0.3, -0.25) is 0 Å². The first-order chi connectivity index (χ1) is 4.79. The fourth-order valence-corrected chi connectivity index (χ4v) is 1.64. The monoisotopic (exact) mass is 260 g/mol. The molecule has 1 N–H and O–H groups in total. The molecule has 0 saturated carbocycles. The molecule has 0 aliphatic carbocycles. The summed E-state index contributed by atoms with van der Waals surface area (Å²) in [6.45, 7) is 2.89. The number of nitrogens with one attached hydrogen (secondary N) is 1. The van der Waals surface area contributed by atoms with Crippen LogP contribution in [0.4, 0.5) is 0 Å². The van der Waals surface area contributed by atoms with E-state index < -0.39 is 21.1 Å². The molecule has 0 bridgehead atoms. The Labute approximate surface area is 68.0 Å². The van der Waals surface area contributed by atoms with Gasteiger partial charge in [0.15, 0.2) is 0 Å². The predicted molar refractivity (Wildman–Crippen MR) is 25.5 cm³/mol. The molecule has 1 rings (SSSR count). The summed E-state index contributed by atoms with van der Waals surface area (Å²) in [6, 6.07) is 0. The van der Waals surface area contributed by atoms with E-state index in [0.29, 0.717) is 13.1 Å². The second-order valence-corrected chi connectivity index (χ2v) is 3.41. The molecule has 1 aliphatic heterocycles. The van der Waals surface area contributed by atoms with Crippen LogP contribution in [0.3, 0.4) is 0 Å². The highest BCUT2D eigenvalue weighted by Crippen LogP contribution is 1.86. The molecule has 1 saturated heterocycles. The smallest absolute Gasteiger partial charge is 0.394 e. The number of nitrogens with zero attached hydrogens (tertiary/aromatic N) is 1. The van der Waals surface area contributed by atoms with Crippen LogP contribution in [-0.4, -0.2) is 31.2 Å². The van der Waals surface area contributed by atoms with Gasteiger partial charge < -0.3 is 12.2 Å². The number of hydrogen-bond donors (Lipinski definition) is 1. The van der Waals surface area contributed by atoms with Gasteiger partial charge in [0.05, 0.1) is 3.17 Å². The van der Waals surface area contributed by atoms with Gasteiger partial charge in [0, 0.05) is 26.2 Å².